The standard InChI is InChI=1S/C25H24ClFN4O4/c1-2-35-25(34)30-12-11-19-21(14-30)29-23(16-7-9-18(27)10-8-16)31(24(19)33)15-22(32)28-13-17-5-3-4-6-20(17)26/h3-10H,2,11-15H2,1H3,(H,28,32). The van der Waals surface area contributed by atoms with Crippen LogP contribution >= 0.6 is 11.6 Å². The van der Waals surface area contributed by atoms with Crippen molar-refractivity contribution in [3.8, 4) is 11.4 Å². The van der Waals surface area contributed by atoms with Gasteiger partial charge in [0.25, 0.3) is 5.56 Å². The number of aromatic nitrogens is 2. The number of hydrogen-bond donors (Lipinski definition) is 1. The molecule has 0 unspecified atom stereocenters. The molecule has 1 aromatic heterocycles. The second kappa shape index (κ2) is 10.7. The Morgan fingerprint density at radius 1 is 1.17 bits per heavy atom. The zero-order chi connectivity index (χ0) is 24.9. The van der Waals surface area contributed by atoms with Gasteiger partial charge >= 0.3 is 6.09 Å². The highest BCUT2D eigenvalue weighted by Crippen LogP contribution is 2.22. The molecule has 0 aliphatic carbocycles. The van der Waals surface area contributed by atoms with Crippen LogP contribution in [0.1, 0.15) is 23.7 Å². The van der Waals surface area contributed by atoms with Gasteiger partial charge in [0, 0.05) is 29.2 Å². The molecule has 0 fully saturated rings. The Morgan fingerprint density at radius 2 is 1.91 bits per heavy atom. The van der Waals surface area contributed by atoms with Gasteiger partial charge in [-0.2, -0.15) is 0 Å². The SMILES string of the molecule is CCOC(=O)N1CCc2c(nc(-c3ccc(F)cc3)n(CC(=O)NCc3ccccc3Cl)c2=O)C1. The van der Waals surface area contributed by atoms with Gasteiger partial charge in [0.2, 0.25) is 5.91 Å². The summed E-state index contributed by atoms with van der Waals surface area (Å²) in [4.78, 5) is 44.6. The summed E-state index contributed by atoms with van der Waals surface area (Å²) in [5, 5.41) is 3.31. The van der Waals surface area contributed by atoms with Crippen molar-refractivity contribution in [1.82, 2.24) is 19.8 Å². The van der Waals surface area contributed by atoms with E-state index in [-0.39, 0.29) is 44.0 Å². The fourth-order valence-electron chi connectivity index (χ4n) is 3.90. The van der Waals surface area contributed by atoms with Crippen molar-refractivity contribution in [2.45, 2.75) is 33.0 Å². The lowest BCUT2D eigenvalue weighted by Crippen LogP contribution is -2.42. The fraction of sp³-hybridized carbons (Fsp3) is 0.280. The van der Waals surface area contributed by atoms with E-state index in [4.69, 9.17) is 16.3 Å². The van der Waals surface area contributed by atoms with E-state index < -0.39 is 17.8 Å². The second-order valence-electron chi connectivity index (χ2n) is 8.00. The fourth-order valence-corrected chi connectivity index (χ4v) is 4.10. The molecule has 0 atom stereocenters. The first kappa shape index (κ1) is 24.4. The van der Waals surface area contributed by atoms with Gasteiger partial charge in [-0.25, -0.2) is 14.2 Å². The molecule has 10 heteroatoms. The van der Waals surface area contributed by atoms with Crippen LogP contribution in [-0.4, -0.2) is 39.6 Å². The van der Waals surface area contributed by atoms with Crippen LogP contribution < -0.4 is 10.9 Å². The smallest absolute Gasteiger partial charge is 0.410 e. The van der Waals surface area contributed by atoms with Crippen molar-refractivity contribution in [3.05, 3.63) is 86.5 Å². The zero-order valence-corrected chi connectivity index (χ0v) is 19.8. The summed E-state index contributed by atoms with van der Waals surface area (Å²) in [5.41, 5.74) is 1.72. The van der Waals surface area contributed by atoms with Gasteiger partial charge < -0.3 is 15.0 Å². The normalized spacial score (nSPS) is 12.7. The van der Waals surface area contributed by atoms with Crippen LogP contribution in [0.25, 0.3) is 11.4 Å². The highest BCUT2D eigenvalue weighted by Gasteiger charge is 2.27. The molecule has 2 heterocycles. The number of halogens is 2. The number of ether oxygens (including phenoxy) is 1. The predicted octanol–water partition coefficient (Wildman–Crippen LogP) is 3.53. The van der Waals surface area contributed by atoms with Crippen LogP contribution in [0.5, 0.6) is 0 Å². The second-order valence-corrected chi connectivity index (χ2v) is 8.40. The van der Waals surface area contributed by atoms with Crippen LogP contribution in [0.3, 0.4) is 0 Å². The van der Waals surface area contributed by atoms with Crippen LogP contribution in [0.15, 0.2) is 53.3 Å². The molecule has 8 nitrogen and oxygen atoms in total. The molecule has 2 amide bonds. The molecular weight excluding hydrogens is 475 g/mol. The largest absolute Gasteiger partial charge is 0.450 e. The molecular formula is C25H24ClFN4O4. The number of carbonyl (C=O) groups excluding carboxylic acids is 2. The molecule has 0 saturated heterocycles. The van der Waals surface area contributed by atoms with E-state index >= 15 is 0 Å². The Kier molecular flexibility index (Phi) is 7.45. The number of fused-ring (bicyclic) bond motifs is 1. The van der Waals surface area contributed by atoms with Crippen LogP contribution in [-0.2, 0) is 35.6 Å². The molecule has 0 bridgehead atoms. The van der Waals surface area contributed by atoms with E-state index in [1.807, 2.05) is 6.07 Å². The number of rotatable bonds is 6. The molecule has 0 spiro atoms. The predicted molar refractivity (Wildman–Crippen MR) is 128 cm³/mol. The monoisotopic (exact) mass is 498 g/mol. The molecule has 4 rings (SSSR count). The minimum atomic E-state index is -0.480. The van der Waals surface area contributed by atoms with Gasteiger partial charge in [-0.15, -0.1) is 0 Å². The van der Waals surface area contributed by atoms with Gasteiger partial charge in [-0.05, 0) is 49.2 Å². The molecule has 1 aliphatic heterocycles. The molecule has 1 aliphatic rings. The maximum absolute atomic E-state index is 13.6. The third-order valence-electron chi connectivity index (χ3n) is 5.68. The number of amides is 2. The number of hydrogen-bond acceptors (Lipinski definition) is 5. The molecule has 2 aromatic carbocycles. The first-order valence-corrected chi connectivity index (χ1v) is 11.6. The maximum Gasteiger partial charge on any atom is 0.410 e. The quantitative estimate of drug-likeness (QED) is 0.561. The van der Waals surface area contributed by atoms with E-state index in [2.05, 4.69) is 10.3 Å². The van der Waals surface area contributed by atoms with Crippen LogP contribution in [0.4, 0.5) is 9.18 Å². The summed E-state index contributed by atoms with van der Waals surface area (Å²) in [6.07, 6.45) is -0.198. The highest BCUT2D eigenvalue weighted by molar-refractivity contribution is 6.31. The van der Waals surface area contributed by atoms with Gasteiger partial charge in [0.1, 0.15) is 18.2 Å². The third-order valence-corrected chi connectivity index (χ3v) is 6.05. The number of benzene rings is 2. The van der Waals surface area contributed by atoms with Crippen molar-refractivity contribution in [2.75, 3.05) is 13.2 Å². The van der Waals surface area contributed by atoms with E-state index in [1.165, 1.54) is 33.7 Å². The summed E-state index contributed by atoms with van der Waals surface area (Å²) < 4.78 is 19.9. The van der Waals surface area contributed by atoms with Crippen LogP contribution in [0, 0.1) is 5.82 Å². The summed E-state index contributed by atoms with van der Waals surface area (Å²) in [6.45, 7) is 2.29. The third kappa shape index (κ3) is 5.51. The van der Waals surface area contributed by atoms with Gasteiger partial charge in [-0.3, -0.25) is 14.2 Å². The average Bonchev–Trinajstić information content (AvgIpc) is 2.85. The first-order valence-electron chi connectivity index (χ1n) is 11.2. The molecule has 35 heavy (non-hydrogen) atoms. The number of nitrogens with zero attached hydrogens (tertiary/aromatic N) is 3. The summed E-state index contributed by atoms with van der Waals surface area (Å²) in [5.74, 6) is -0.625. The topological polar surface area (TPSA) is 93.5 Å². The first-order chi connectivity index (χ1) is 16.9. The minimum Gasteiger partial charge on any atom is -0.450 e. The molecule has 3 aromatic rings. The lowest BCUT2D eigenvalue weighted by atomic mass is 10.1. The van der Waals surface area contributed by atoms with Gasteiger partial charge in [0.15, 0.2) is 0 Å². The maximum atomic E-state index is 13.6. The Hall–Kier alpha value is -3.72. The number of nitrogens with one attached hydrogen (secondary N) is 1. The molecule has 1 N–H and O–H groups in total. The van der Waals surface area contributed by atoms with Crippen molar-refractivity contribution in [1.29, 1.82) is 0 Å². The Bertz CT molecular complexity index is 1310. The average molecular weight is 499 g/mol. The van der Waals surface area contributed by atoms with Crippen molar-refractivity contribution in [3.63, 3.8) is 0 Å². The summed E-state index contributed by atoms with van der Waals surface area (Å²) in [6, 6.07) is 12.6. The van der Waals surface area contributed by atoms with E-state index in [1.54, 1.807) is 25.1 Å². The van der Waals surface area contributed by atoms with Crippen LogP contribution in [0.2, 0.25) is 5.02 Å². The van der Waals surface area contributed by atoms with E-state index in [9.17, 15) is 18.8 Å². The van der Waals surface area contributed by atoms with Crippen molar-refractivity contribution >= 4 is 23.6 Å². The molecule has 0 radical (unpaired) electrons. The lowest BCUT2D eigenvalue weighted by molar-refractivity contribution is -0.121. The Labute approximate surface area is 206 Å². The summed E-state index contributed by atoms with van der Waals surface area (Å²) >= 11 is 6.16. The van der Waals surface area contributed by atoms with Crippen molar-refractivity contribution in [2.24, 2.45) is 0 Å². The Morgan fingerprint density at radius 3 is 2.63 bits per heavy atom. The van der Waals surface area contributed by atoms with E-state index in [0.717, 1.165) is 5.56 Å². The number of carbonyl (C=O) groups is 2. The summed E-state index contributed by atoms with van der Waals surface area (Å²) in [7, 11) is 0. The van der Waals surface area contributed by atoms with E-state index in [0.29, 0.717) is 28.4 Å². The lowest BCUT2D eigenvalue weighted by Gasteiger charge is -2.28. The zero-order valence-electron chi connectivity index (χ0n) is 19.1. The van der Waals surface area contributed by atoms with Crippen molar-refractivity contribution < 1.29 is 18.7 Å². The van der Waals surface area contributed by atoms with Gasteiger partial charge in [0.05, 0.1) is 18.8 Å². The molecule has 182 valence electrons. The molecule has 0 saturated carbocycles. The Balaban J connectivity index is 1.66. The van der Waals surface area contributed by atoms with Gasteiger partial charge in [-0.1, -0.05) is 29.8 Å². The minimum absolute atomic E-state index is 0.108. The highest BCUT2D eigenvalue weighted by atomic mass is 35.5.